The van der Waals surface area contributed by atoms with E-state index < -0.39 is 42.9 Å². The molecule has 0 aromatic heterocycles. The van der Waals surface area contributed by atoms with Gasteiger partial charge in [-0.3, -0.25) is 4.79 Å². The van der Waals surface area contributed by atoms with E-state index in [1.54, 1.807) is 0 Å². The topological polar surface area (TPSA) is 138 Å². The number of hydrogen-bond acceptors (Lipinski definition) is 9. The number of fused-ring (bicyclic) bond motifs is 6. The minimum Gasteiger partial charge on any atom is -0.455 e. The lowest BCUT2D eigenvalue weighted by atomic mass is 9.31. The lowest BCUT2D eigenvalue weighted by Crippen LogP contribution is -2.75. The molecule has 3 saturated heterocycles. The highest BCUT2D eigenvalue weighted by molar-refractivity contribution is 5.82. The highest BCUT2D eigenvalue weighted by atomic mass is 16.7. The van der Waals surface area contributed by atoms with Gasteiger partial charge in [-0.1, -0.05) is 48.5 Å². The second kappa shape index (κ2) is 9.25. The summed E-state index contributed by atoms with van der Waals surface area (Å²) in [7, 11) is 0. The summed E-state index contributed by atoms with van der Waals surface area (Å²) in [6, 6.07) is 0. The van der Waals surface area contributed by atoms with Crippen molar-refractivity contribution >= 4 is 5.97 Å². The van der Waals surface area contributed by atoms with Crippen molar-refractivity contribution < 1.29 is 44.2 Å². The third-order valence-electron chi connectivity index (χ3n) is 16.3. The van der Waals surface area contributed by atoms with Gasteiger partial charge in [-0.15, -0.1) is 0 Å². The molecule has 0 radical (unpaired) electrons. The molecule has 0 aromatic rings. The van der Waals surface area contributed by atoms with Gasteiger partial charge in [0.1, 0.15) is 30.5 Å². The Morgan fingerprint density at radius 2 is 1.53 bits per heavy atom. The van der Waals surface area contributed by atoms with Crippen LogP contribution in [0.5, 0.6) is 0 Å². The Bertz CT molecular complexity index is 1270. The van der Waals surface area contributed by atoms with Gasteiger partial charge in [0.25, 0.3) is 0 Å². The Kier molecular flexibility index (Phi) is 6.46. The molecule has 0 amide bonds. The molecule has 4 N–H and O–H groups in total. The normalized spacial score (nSPS) is 60.3. The molecule has 3 unspecified atom stereocenters. The van der Waals surface area contributed by atoms with E-state index >= 15 is 0 Å². The van der Waals surface area contributed by atoms with Crippen molar-refractivity contribution in [3.63, 3.8) is 0 Å². The van der Waals surface area contributed by atoms with Crippen molar-refractivity contribution in [1.29, 1.82) is 0 Å². The minimum absolute atomic E-state index is 0.0290. The molecule has 8 rings (SSSR count). The van der Waals surface area contributed by atoms with E-state index in [-0.39, 0.29) is 62.7 Å². The van der Waals surface area contributed by atoms with Gasteiger partial charge in [-0.2, -0.15) is 0 Å². The Hall–Kier alpha value is -0.810. The van der Waals surface area contributed by atoms with Crippen LogP contribution in [0, 0.1) is 50.2 Å². The zero-order valence-electron chi connectivity index (χ0n) is 28.3. The molecule has 16 atom stereocenters. The zero-order chi connectivity index (χ0) is 32.3. The van der Waals surface area contributed by atoms with Crippen molar-refractivity contribution in [3.05, 3.63) is 0 Å². The summed E-state index contributed by atoms with van der Waals surface area (Å²) in [5, 5.41) is 41.2. The fourth-order valence-electron chi connectivity index (χ4n) is 13.7. The number of aliphatic hydroxyl groups is 4. The first-order valence-corrected chi connectivity index (χ1v) is 17.8. The molecule has 8 aliphatic rings. The van der Waals surface area contributed by atoms with E-state index in [9.17, 15) is 25.2 Å². The summed E-state index contributed by atoms with van der Waals surface area (Å²) < 4.78 is 26.0. The number of hydrogen-bond donors (Lipinski definition) is 4. The fraction of sp³-hybridized carbons (Fsp3) is 0.972. The maximum atomic E-state index is 14.0. The molecule has 1 spiro atoms. The maximum Gasteiger partial charge on any atom is 0.313 e. The fourth-order valence-corrected chi connectivity index (χ4v) is 13.7. The van der Waals surface area contributed by atoms with Crippen molar-refractivity contribution in [3.8, 4) is 0 Å². The lowest BCUT2D eigenvalue weighted by molar-refractivity contribution is -0.333. The van der Waals surface area contributed by atoms with Crippen LogP contribution in [0.4, 0.5) is 0 Å². The van der Waals surface area contributed by atoms with E-state index in [4.69, 9.17) is 18.9 Å². The predicted octanol–water partition coefficient (Wildman–Crippen LogP) is 3.72. The summed E-state index contributed by atoms with van der Waals surface area (Å²) >= 11 is 0. The summed E-state index contributed by atoms with van der Waals surface area (Å²) in [6.45, 7) is 16.2. The van der Waals surface area contributed by atoms with Crippen LogP contribution in [0.3, 0.4) is 0 Å². The van der Waals surface area contributed by atoms with Crippen LogP contribution in [-0.4, -0.2) is 87.6 Å². The molecule has 3 heterocycles. The number of epoxide rings is 1. The molecule has 2 bridgehead atoms. The minimum atomic E-state index is -1.46. The third kappa shape index (κ3) is 3.57. The van der Waals surface area contributed by atoms with Crippen LogP contribution in [0.2, 0.25) is 0 Å². The zero-order valence-corrected chi connectivity index (χ0v) is 28.3. The van der Waals surface area contributed by atoms with Gasteiger partial charge in [-0.05, 0) is 91.3 Å². The summed E-state index contributed by atoms with van der Waals surface area (Å²) in [4.78, 5) is 14.0. The number of carbonyl (C=O) groups excluding carboxylic acids is 1. The molecule has 9 nitrogen and oxygen atoms in total. The van der Waals surface area contributed by atoms with Gasteiger partial charge in [0.2, 0.25) is 0 Å². The number of carbonyl (C=O) groups is 1. The molecule has 0 aromatic carbocycles. The maximum absolute atomic E-state index is 14.0. The van der Waals surface area contributed by atoms with E-state index in [2.05, 4.69) is 48.5 Å². The molecule has 9 heteroatoms. The molecule has 254 valence electrons. The number of aliphatic hydroxyl groups excluding tert-OH is 4. The first kappa shape index (κ1) is 31.5. The molecule has 45 heavy (non-hydrogen) atoms. The van der Waals surface area contributed by atoms with Crippen LogP contribution in [0.1, 0.15) is 106 Å². The van der Waals surface area contributed by atoms with Crippen LogP contribution in [0.25, 0.3) is 0 Å². The van der Waals surface area contributed by atoms with Crippen molar-refractivity contribution in [2.24, 2.45) is 50.2 Å². The quantitative estimate of drug-likeness (QED) is 0.208. The first-order valence-electron chi connectivity index (χ1n) is 17.8. The van der Waals surface area contributed by atoms with Gasteiger partial charge in [0.15, 0.2) is 11.9 Å². The van der Waals surface area contributed by atoms with E-state index in [1.807, 2.05) is 0 Å². The molecule has 3 aliphatic heterocycles. The second-order valence-corrected chi connectivity index (χ2v) is 18.8. The summed E-state index contributed by atoms with van der Waals surface area (Å²) in [5.74, 6) is 0.893. The van der Waals surface area contributed by atoms with Gasteiger partial charge in [0, 0.05) is 11.3 Å². The molecular formula is C36H56O9. The predicted molar refractivity (Wildman–Crippen MR) is 162 cm³/mol. The molecule has 5 aliphatic carbocycles. The lowest BCUT2D eigenvalue weighted by Gasteiger charge is -2.72. The average molecular weight is 633 g/mol. The van der Waals surface area contributed by atoms with Gasteiger partial charge in [0.05, 0.1) is 24.2 Å². The highest BCUT2D eigenvalue weighted by Gasteiger charge is 2.89. The largest absolute Gasteiger partial charge is 0.455 e. The van der Waals surface area contributed by atoms with Crippen LogP contribution in [0.15, 0.2) is 0 Å². The van der Waals surface area contributed by atoms with Gasteiger partial charge in [-0.25, -0.2) is 0 Å². The van der Waals surface area contributed by atoms with Crippen LogP contribution < -0.4 is 0 Å². The van der Waals surface area contributed by atoms with Gasteiger partial charge < -0.3 is 39.4 Å². The number of ether oxygens (including phenoxy) is 4. The van der Waals surface area contributed by atoms with Crippen molar-refractivity contribution in [2.75, 3.05) is 6.61 Å². The smallest absolute Gasteiger partial charge is 0.313 e. The highest BCUT2D eigenvalue weighted by Crippen LogP contribution is 2.83. The van der Waals surface area contributed by atoms with E-state index in [1.165, 1.54) is 0 Å². The second-order valence-electron chi connectivity index (χ2n) is 18.8. The average Bonchev–Trinajstić information content (AvgIpc) is 3.72. The molecule has 5 saturated carbocycles. The van der Waals surface area contributed by atoms with Crippen LogP contribution in [-0.2, 0) is 23.7 Å². The van der Waals surface area contributed by atoms with Crippen LogP contribution >= 0.6 is 0 Å². The van der Waals surface area contributed by atoms with E-state index in [0.717, 1.165) is 57.8 Å². The molecule has 8 fully saturated rings. The first-order chi connectivity index (χ1) is 20.9. The summed E-state index contributed by atoms with van der Waals surface area (Å²) in [6.07, 6.45) is 2.07. The Morgan fingerprint density at radius 1 is 0.822 bits per heavy atom. The standard InChI is InChI=1S/C36H56O9/c1-30(2)12-14-35-15-13-34(7)33(6)11-8-19-31(3,4)21(43-28-24(40)23(39)22(38)18(17-37)42-28)9-10-32(19,5)26(33)25-27(44-25)36(34,20(35)16-30)45-29(35)41/h18-28,37-40H,8-17H2,1-7H3/t18-,19+,20-,21?,22-,23+,24-,25?,26?,27+,28+,32+,33-,34+,35+,36-/m1/s1. The monoisotopic (exact) mass is 632 g/mol. The summed E-state index contributed by atoms with van der Waals surface area (Å²) in [5.41, 5.74) is -1.27. The van der Waals surface area contributed by atoms with Crippen molar-refractivity contribution in [2.45, 2.75) is 161 Å². The SMILES string of the molecule is CC1(C)CC[C@@]23CC[C@]4(C)[C@@](OC2=O)([C@@H]3C1)[C@H]1OC1C1[C@@]2(C)CCC(O[C@@H]3O[C@H](CO)[C@@H](O)[C@H](O)[C@H]3O)C(C)(C)[C@@H]2CC[C@]14C. The van der Waals surface area contributed by atoms with E-state index in [0.29, 0.717) is 11.8 Å². The molecular weight excluding hydrogens is 576 g/mol. The number of rotatable bonds is 3. The number of esters is 1. The van der Waals surface area contributed by atoms with Gasteiger partial charge >= 0.3 is 5.97 Å². The Morgan fingerprint density at radius 3 is 2.24 bits per heavy atom. The van der Waals surface area contributed by atoms with Crippen molar-refractivity contribution in [1.82, 2.24) is 0 Å². The third-order valence-corrected chi connectivity index (χ3v) is 16.3. The Labute approximate surface area is 267 Å². The Balaban J connectivity index is 1.11.